The SMILES string of the molecule is NC(=O)c1nn(-c2ccccc2)c2c1ccc1[nH]ncc12. The summed E-state index contributed by atoms with van der Waals surface area (Å²) in [5.74, 6) is -0.544. The number of amides is 1. The number of nitrogens with two attached hydrogens (primary N) is 1. The molecule has 6 nitrogen and oxygen atoms in total. The molecule has 0 unspecified atom stereocenters. The van der Waals surface area contributed by atoms with Gasteiger partial charge in [-0.05, 0) is 24.3 Å². The van der Waals surface area contributed by atoms with Crippen LogP contribution in [0.1, 0.15) is 10.5 Å². The Balaban J connectivity index is 2.19. The van der Waals surface area contributed by atoms with Gasteiger partial charge in [0.1, 0.15) is 0 Å². The smallest absolute Gasteiger partial charge is 0.269 e. The molecule has 0 spiro atoms. The van der Waals surface area contributed by atoms with E-state index in [1.807, 2.05) is 42.5 Å². The van der Waals surface area contributed by atoms with Crippen LogP contribution in [0.2, 0.25) is 0 Å². The lowest BCUT2D eigenvalue weighted by atomic mass is 10.1. The number of fused-ring (bicyclic) bond motifs is 3. The standard InChI is InChI=1S/C15H11N5O/c16-15(21)13-10-6-7-12-11(8-17-18-12)14(10)20(19-13)9-4-2-1-3-5-9/h1-8H,(H2,16,21)(H,17,18). The van der Waals surface area contributed by atoms with Gasteiger partial charge < -0.3 is 5.73 Å². The number of H-pyrrole nitrogens is 1. The van der Waals surface area contributed by atoms with Gasteiger partial charge in [0.05, 0.1) is 22.9 Å². The molecule has 0 aliphatic rings. The van der Waals surface area contributed by atoms with Gasteiger partial charge in [0.2, 0.25) is 0 Å². The van der Waals surface area contributed by atoms with E-state index in [1.54, 1.807) is 10.9 Å². The minimum Gasteiger partial charge on any atom is -0.364 e. The zero-order valence-corrected chi connectivity index (χ0v) is 10.9. The first-order valence-corrected chi connectivity index (χ1v) is 6.46. The Kier molecular flexibility index (Phi) is 2.32. The lowest BCUT2D eigenvalue weighted by Gasteiger charge is -2.03. The van der Waals surface area contributed by atoms with E-state index in [1.165, 1.54) is 0 Å². The number of hydrogen-bond acceptors (Lipinski definition) is 3. The van der Waals surface area contributed by atoms with E-state index in [2.05, 4.69) is 15.3 Å². The van der Waals surface area contributed by atoms with E-state index in [4.69, 9.17) is 5.73 Å². The van der Waals surface area contributed by atoms with Crippen molar-refractivity contribution in [3.05, 3.63) is 54.4 Å². The van der Waals surface area contributed by atoms with E-state index >= 15 is 0 Å². The molecule has 4 aromatic rings. The molecule has 0 aliphatic carbocycles. The van der Waals surface area contributed by atoms with Crippen LogP contribution >= 0.6 is 0 Å². The Morgan fingerprint density at radius 1 is 1.10 bits per heavy atom. The third kappa shape index (κ3) is 1.62. The Labute approximate surface area is 119 Å². The highest BCUT2D eigenvalue weighted by Crippen LogP contribution is 2.28. The Morgan fingerprint density at radius 2 is 1.90 bits per heavy atom. The van der Waals surface area contributed by atoms with Crippen LogP contribution < -0.4 is 5.73 Å². The molecule has 4 rings (SSSR count). The number of aromatic amines is 1. The van der Waals surface area contributed by atoms with E-state index in [0.29, 0.717) is 0 Å². The molecule has 1 amide bonds. The Bertz CT molecular complexity index is 968. The Morgan fingerprint density at radius 3 is 2.67 bits per heavy atom. The summed E-state index contributed by atoms with van der Waals surface area (Å²) < 4.78 is 1.73. The van der Waals surface area contributed by atoms with Crippen molar-refractivity contribution >= 4 is 27.7 Å². The zero-order valence-electron chi connectivity index (χ0n) is 10.9. The van der Waals surface area contributed by atoms with Crippen molar-refractivity contribution in [3.63, 3.8) is 0 Å². The van der Waals surface area contributed by atoms with Gasteiger partial charge >= 0.3 is 0 Å². The van der Waals surface area contributed by atoms with E-state index in [0.717, 1.165) is 27.5 Å². The summed E-state index contributed by atoms with van der Waals surface area (Å²) in [6, 6.07) is 13.3. The predicted molar refractivity (Wildman–Crippen MR) is 79.2 cm³/mol. The number of aromatic nitrogens is 4. The van der Waals surface area contributed by atoms with Crippen molar-refractivity contribution in [1.82, 2.24) is 20.0 Å². The first-order chi connectivity index (χ1) is 10.3. The number of benzene rings is 2. The minimum absolute atomic E-state index is 0.261. The molecule has 0 aliphatic heterocycles. The molecule has 102 valence electrons. The maximum Gasteiger partial charge on any atom is 0.269 e. The lowest BCUT2D eigenvalue weighted by molar-refractivity contribution is 0.0996. The third-order valence-corrected chi connectivity index (χ3v) is 3.50. The van der Waals surface area contributed by atoms with Gasteiger partial charge in [-0.1, -0.05) is 18.2 Å². The summed E-state index contributed by atoms with van der Waals surface area (Å²) in [7, 11) is 0. The minimum atomic E-state index is -0.544. The van der Waals surface area contributed by atoms with Crippen molar-refractivity contribution < 1.29 is 4.79 Å². The van der Waals surface area contributed by atoms with Gasteiger partial charge in [-0.2, -0.15) is 10.2 Å². The number of nitrogens with one attached hydrogen (secondary N) is 1. The van der Waals surface area contributed by atoms with Crippen LogP contribution in [0.5, 0.6) is 0 Å². The summed E-state index contributed by atoms with van der Waals surface area (Å²) in [6.07, 6.45) is 1.73. The summed E-state index contributed by atoms with van der Waals surface area (Å²) in [6.45, 7) is 0. The molecule has 0 saturated carbocycles. The monoisotopic (exact) mass is 277 g/mol. The zero-order chi connectivity index (χ0) is 14.4. The van der Waals surface area contributed by atoms with Crippen molar-refractivity contribution in [3.8, 4) is 5.69 Å². The van der Waals surface area contributed by atoms with Crippen LogP contribution in [0.15, 0.2) is 48.7 Å². The van der Waals surface area contributed by atoms with Gasteiger partial charge in [0.15, 0.2) is 5.69 Å². The number of para-hydroxylation sites is 1. The van der Waals surface area contributed by atoms with Gasteiger partial charge in [-0.3, -0.25) is 9.89 Å². The second-order valence-corrected chi connectivity index (χ2v) is 4.75. The number of primary amides is 1. The van der Waals surface area contributed by atoms with E-state index in [-0.39, 0.29) is 5.69 Å². The van der Waals surface area contributed by atoms with Crippen LogP contribution in [-0.2, 0) is 0 Å². The van der Waals surface area contributed by atoms with Crippen molar-refractivity contribution in [2.45, 2.75) is 0 Å². The summed E-state index contributed by atoms with van der Waals surface area (Å²) in [4.78, 5) is 11.7. The molecule has 2 aromatic carbocycles. The lowest BCUT2D eigenvalue weighted by Crippen LogP contribution is -2.12. The highest BCUT2D eigenvalue weighted by molar-refractivity contribution is 6.12. The molecule has 6 heteroatoms. The maximum absolute atomic E-state index is 11.7. The van der Waals surface area contributed by atoms with Crippen molar-refractivity contribution in [1.29, 1.82) is 0 Å². The predicted octanol–water partition coefficient (Wildman–Crippen LogP) is 2.00. The first-order valence-electron chi connectivity index (χ1n) is 6.46. The van der Waals surface area contributed by atoms with Gasteiger partial charge in [0, 0.05) is 10.8 Å². The summed E-state index contributed by atoms with van der Waals surface area (Å²) >= 11 is 0. The van der Waals surface area contributed by atoms with Crippen molar-refractivity contribution in [2.75, 3.05) is 0 Å². The number of carbonyl (C=O) groups excluding carboxylic acids is 1. The molecule has 0 radical (unpaired) electrons. The second kappa shape index (κ2) is 4.17. The average molecular weight is 277 g/mol. The molecule has 21 heavy (non-hydrogen) atoms. The molecule has 0 atom stereocenters. The topological polar surface area (TPSA) is 89.6 Å². The maximum atomic E-state index is 11.7. The van der Waals surface area contributed by atoms with Gasteiger partial charge in [0.25, 0.3) is 5.91 Å². The van der Waals surface area contributed by atoms with Crippen LogP contribution in [0, 0.1) is 0 Å². The molecular weight excluding hydrogens is 266 g/mol. The molecule has 0 fully saturated rings. The fourth-order valence-electron chi connectivity index (χ4n) is 2.56. The highest BCUT2D eigenvalue weighted by atomic mass is 16.1. The van der Waals surface area contributed by atoms with E-state index < -0.39 is 5.91 Å². The second-order valence-electron chi connectivity index (χ2n) is 4.75. The van der Waals surface area contributed by atoms with Crippen LogP contribution in [0.3, 0.4) is 0 Å². The molecule has 2 aromatic heterocycles. The Hall–Kier alpha value is -3.15. The van der Waals surface area contributed by atoms with Crippen LogP contribution in [0.25, 0.3) is 27.5 Å². The fourth-order valence-corrected chi connectivity index (χ4v) is 2.56. The largest absolute Gasteiger partial charge is 0.364 e. The molecule has 3 N–H and O–H groups in total. The summed E-state index contributed by atoms with van der Waals surface area (Å²) in [5.41, 5.74) is 8.28. The highest BCUT2D eigenvalue weighted by Gasteiger charge is 2.18. The molecule has 2 heterocycles. The molecule has 0 saturated heterocycles. The molecular formula is C15H11N5O. The number of nitrogens with zero attached hydrogens (tertiary/aromatic N) is 3. The average Bonchev–Trinajstić information content (AvgIpc) is 3.11. The fraction of sp³-hybridized carbons (Fsp3) is 0. The van der Waals surface area contributed by atoms with Crippen molar-refractivity contribution in [2.24, 2.45) is 5.73 Å². The number of hydrogen-bond donors (Lipinski definition) is 2. The van der Waals surface area contributed by atoms with Crippen LogP contribution in [-0.4, -0.2) is 25.9 Å². The quantitative estimate of drug-likeness (QED) is 0.587. The first kappa shape index (κ1) is 11.7. The number of rotatable bonds is 2. The number of carbonyl (C=O) groups is 1. The molecule has 0 bridgehead atoms. The van der Waals surface area contributed by atoms with E-state index in [9.17, 15) is 4.79 Å². The summed E-state index contributed by atoms with van der Waals surface area (Å²) in [5, 5.41) is 13.0. The third-order valence-electron chi connectivity index (χ3n) is 3.50. The normalized spacial score (nSPS) is 11.2. The van der Waals surface area contributed by atoms with Gasteiger partial charge in [-0.15, -0.1) is 0 Å². The van der Waals surface area contributed by atoms with Crippen LogP contribution in [0.4, 0.5) is 0 Å². The van der Waals surface area contributed by atoms with Gasteiger partial charge in [-0.25, -0.2) is 4.68 Å².